The number of aromatic nitrogens is 4. The van der Waals surface area contributed by atoms with Gasteiger partial charge in [0, 0.05) is 30.8 Å². The summed E-state index contributed by atoms with van der Waals surface area (Å²) in [6.07, 6.45) is 1.87. The predicted molar refractivity (Wildman–Crippen MR) is 122 cm³/mol. The Kier molecular flexibility index (Phi) is 4.89. The van der Waals surface area contributed by atoms with Crippen LogP contribution in [0.2, 0.25) is 0 Å². The van der Waals surface area contributed by atoms with E-state index in [1.54, 1.807) is 11.7 Å². The Morgan fingerprint density at radius 2 is 1.88 bits per heavy atom. The number of fused-ring (bicyclic) bond motifs is 4. The number of nitrogens with zero attached hydrogens (tertiary/aromatic N) is 4. The van der Waals surface area contributed by atoms with Crippen LogP contribution in [0.1, 0.15) is 25.5 Å². The van der Waals surface area contributed by atoms with Gasteiger partial charge in [-0.2, -0.15) is 0 Å². The average Bonchev–Trinajstić information content (AvgIpc) is 3.36. The van der Waals surface area contributed by atoms with Crippen LogP contribution >= 0.6 is 0 Å². The van der Waals surface area contributed by atoms with Crippen LogP contribution in [-0.2, 0) is 16.8 Å². The average molecular weight is 453 g/mol. The minimum atomic E-state index is -0.647. The number of hydrogen-bond acceptors (Lipinski definition) is 5. The van der Waals surface area contributed by atoms with Crippen molar-refractivity contribution in [1.29, 1.82) is 0 Å². The fourth-order valence-corrected chi connectivity index (χ4v) is 4.63. The lowest BCUT2D eigenvalue weighted by Crippen LogP contribution is -2.36. The van der Waals surface area contributed by atoms with Crippen LogP contribution in [0.3, 0.4) is 0 Å². The fourth-order valence-electron chi connectivity index (χ4n) is 4.63. The summed E-state index contributed by atoms with van der Waals surface area (Å²) in [5.41, 5.74) is 1.80. The van der Waals surface area contributed by atoms with Crippen molar-refractivity contribution in [3.8, 4) is 22.6 Å². The normalized spacial score (nSPS) is 14.2. The molecule has 0 saturated heterocycles. The van der Waals surface area contributed by atoms with E-state index in [9.17, 15) is 4.39 Å². The van der Waals surface area contributed by atoms with Gasteiger partial charge in [-0.15, -0.1) is 10.2 Å². The molecule has 0 fully saturated rings. The van der Waals surface area contributed by atoms with E-state index in [2.05, 4.69) is 15.5 Å². The SMILES string of the molecule is COCCn1ccc2c(-c3cc(F)c4c(c3OC)-n3c(C)nnc3C(C)(C)N4)cc(F)cc21. The van der Waals surface area contributed by atoms with Crippen molar-refractivity contribution in [2.75, 3.05) is 26.1 Å². The molecule has 7 nitrogen and oxygen atoms in total. The second kappa shape index (κ2) is 7.55. The van der Waals surface area contributed by atoms with Crippen molar-refractivity contribution in [1.82, 2.24) is 19.3 Å². The summed E-state index contributed by atoms with van der Waals surface area (Å²) in [4.78, 5) is 0. The molecular weight excluding hydrogens is 428 g/mol. The van der Waals surface area contributed by atoms with Crippen LogP contribution < -0.4 is 10.1 Å². The summed E-state index contributed by atoms with van der Waals surface area (Å²) in [5, 5.41) is 12.5. The Balaban J connectivity index is 1.81. The van der Waals surface area contributed by atoms with E-state index in [-0.39, 0.29) is 0 Å². The minimum Gasteiger partial charge on any atom is -0.494 e. The summed E-state index contributed by atoms with van der Waals surface area (Å²) in [5.74, 6) is 0.762. The van der Waals surface area contributed by atoms with E-state index < -0.39 is 17.2 Å². The van der Waals surface area contributed by atoms with E-state index in [0.29, 0.717) is 58.6 Å². The third kappa shape index (κ3) is 3.18. The Hall–Kier alpha value is -3.46. The first-order valence-corrected chi connectivity index (χ1v) is 10.7. The van der Waals surface area contributed by atoms with Crippen molar-refractivity contribution in [2.24, 2.45) is 0 Å². The first-order chi connectivity index (χ1) is 15.8. The zero-order valence-electron chi connectivity index (χ0n) is 19.2. The van der Waals surface area contributed by atoms with Crippen molar-refractivity contribution < 1.29 is 18.3 Å². The quantitative estimate of drug-likeness (QED) is 0.471. The Bertz CT molecular complexity index is 1390. The summed E-state index contributed by atoms with van der Waals surface area (Å²) in [6, 6.07) is 6.17. The van der Waals surface area contributed by atoms with Crippen LogP contribution in [0.25, 0.3) is 27.7 Å². The molecule has 1 aliphatic rings. The maximum absolute atomic E-state index is 15.6. The van der Waals surface area contributed by atoms with Crippen LogP contribution in [-0.4, -0.2) is 40.2 Å². The second-order valence-corrected chi connectivity index (χ2v) is 8.71. The predicted octanol–water partition coefficient (Wildman–Crippen LogP) is 4.79. The highest BCUT2D eigenvalue weighted by molar-refractivity contribution is 5.99. The van der Waals surface area contributed by atoms with Crippen LogP contribution in [0.4, 0.5) is 14.5 Å². The topological polar surface area (TPSA) is 66.1 Å². The molecule has 0 bridgehead atoms. The highest BCUT2D eigenvalue weighted by atomic mass is 19.1. The number of methoxy groups -OCH3 is 2. The lowest BCUT2D eigenvalue weighted by Gasteiger charge is -2.35. The van der Waals surface area contributed by atoms with Crippen molar-refractivity contribution >= 4 is 16.6 Å². The number of halogens is 2. The summed E-state index contributed by atoms with van der Waals surface area (Å²) >= 11 is 0. The Morgan fingerprint density at radius 3 is 2.61 bits per heavy atom. The van der Waals surface area contributed by atoms with E-state index in [1.165, 1.54) is 25.3 Å². The van der Waals surface area contributed by atoms with Gasteiger partial charge in [-0.3, -0.25) is 4.57 Å². The number of ether oxygens (including phenoxy) is 2. The molecule has 1 N–H and O–H groups in total. The molecule has 9 heteroatoms. The largest absolute Gasteiger partial charge is 0.494 e. The van der Waals surface area contributed by atoms with Crippen LogP contribution in [0.15, 0.2) is 30.5 Å². The van der Waals surface area contributed by atoms with Crippen LogP contribution in [0, 0.1) is 18.6 Å². The molecule has 1 aliphatic heterocycles. The summed E-state index contributed by atoms with van der Waals surface area (Å²) < 4.78 is 45.1. The Labute approximate surface area is 189 Å². The number of benzene rings is 2. The maximum atomic E-state index is 15.6. The van der Waals surface area contributed by atoms with Crippen molar-refractivity contribution in [3.63, 3.8) is 0 Å². The van der Waals surface area contributed by atoms with Gasteiger partial charge in [0.05, 0.1) is 30.5 Å². The van der Waals surface area contributed by atoms with Crippen molar-refractivity contribution in [2.45, 2.75) is 32.9 Å². The highest BCUT2D eigenvalue weighted by Gasteiger charge is 2.38. The molecule has 0 saturated carbocycles. The number of rotatable bonds is 5. The smallest absolute Gasteiger partial charge is 0.162 e. The number of anilines is 1. The number of aryl methyl sites for hydroxylation is 1. The minimum absolute atomic E-state index is 0.293. The summed E-state index contributed by atoms with van der Waals surface area (Å²) in [6.45, 7) is 6.69. The lowest BCUT2D eigenvalue weighted by atomic mass is 9.95. The van der Waals surface area contributed by atoms with Gasteiger partial charge in [0.25, 0.3) is 0 Å². The third-order valence-corrected chi connectivity index (χ3v) is 6.14. The zero-order valence-corrected chi connectivity index (χ0v) is 19.2. The molecule has 0 unspecified atom stereocenters. The first kappa shape index (κ1) is 21.4. The van der Waals surface area contributed by atoms with Crippen LogP contribution in [0.5, 0.6) is 5.75 Å². The van der Waals surface area contributed by atoms with E-state index >= 15 is 4.39 Å². The molecule has 0 radical (unpaired) electrons. The van der Waals surface area contributed by atoms with Gasteiger partial charge in [-0.25, -0.2) is 8.78 Å². The van der Waals surface area contributed by atoms with E-state index in [1.807, 2.05) is 37.6 Å². The molecule has 4 aromatic rings. The van der Waals surface area contributed by atoms with Gasteiger partial charge in [0.15, 0.2) is 11.6 Å². The second-order valence-electron chi connectivity index (χ2n) is 8.71. The molecule has 0 atom stereocenters. The van der Waals surface area contributed by atoms with Gasteiger partial charge >= 0.3 is 0 Å². The molecule has 0 spiro atoms. The fraction of sp³-hybridized carbons (Fsp3) is 0.333. The third-order valence-electron chi connectivity index (χ3n) is 6.14. The Morgan fingerprint density at radius 1 is 1.09 bits per heavy atom. The van der Waals surface area contributed by atoms with Gasteiger partial charge in [0.1, 0.15) is 23.1 Å². The highest BCUT2D eigenvalue weighted by Crippen LogP contribution is 2.48. The van der Waals surface area contributed by atoms with Gasteiger partial charge in [-0.05, 0) is 50.6 Å². The van der Waals surface area contributed by atoms with E-state index in [0.717, 1.165) is 5.39 Å². The standard InChI is InChI=1S/C24H25F2N5O2/c1-13-28-29-23-24(2,3)27-20-18(26)12-17(22(33-5)21(20)31(13)23)16-10-14(25)11-19-15(16)6-7-30(19)8-9-32-4/h6-7,10-12,27H,8-9H2,1-5H3. The monoisotopic (exact) mass is 453 g/mol. The molecule has 5 rings (SSSR count). The molecule has 3 heterocycles. The molecule has 172 valence electrons. The number of hydrogen-bond donors (Lipinski definition) is 1. The van der Waals surface area contributed by atoms with Gasteiger partial charge in [0.2, 0.25) is 0 Å². The van der Waals surface area contributed by atoms with Gasteiger partial charge in [-0.1, -0.05) is 0 Å². The zero-order chi connectivity index (χ0) is 23.5. The first-order valence-electron chi connectivity index (χ1n) is 10.7. The maximum Gasteiger partial charge on any atom is 0.162 e. The summed E-state index contributed by atoms with van der Waals surface area (Å²) in [7, 11) is 3.14. The molecule has 33 heavy (non-hydrogen) atoms. The number of nitrogens with one attached hydrogen (secondary N) is 1. The molecule has 0 amide bonds. The van der Waals surface area contributed by atoms with Crippen molar-refractivity contribution in [3.05, 3.63) is 53.7 Å². The molecule has 0 aliphatic carbocycles. The molecule has 2 aromatic heterocycles. The van der Waals surface area contributed by atoms with Gasteiger partial charge < -0.3 is 19.4 Å². The lowest BCUT2D eigenvalue weighted by molar-refractivity contribution is 0.188. The molecule has 2 aromatic carbocycles. The molecular formula is C24H25F2N5O2. The van der Waals surface area contributed by atoms with E-state index in [4.69, 9.17) is 9.47 Å².